The van der Waals surface area contributed by atoms with Crippen LogP contribution in [0.5, 0.6) is 5.75 Å². The third kappa shape index (κ3) is 5.34. The molecule has 198 valence electrons. The Hall–Kier alpha value is -4.71. The van der Waals surface area contributed by atoms with Crippen LogP contribution in [0.25, 0.3) is 22.2 Å². The number of nitro groups is 1. The van der Waals surface area contributed by atoms with Crippen molar-refractivity contribution in [3.05, 3.63) is 64.5 Å². The van der Waals surface area contributed by atoms with Gasteiger partial charge in [-0.3, -0.25) is 10.1 Å². The molecule has 12 heteroatoms. The highest BCUT2D eigenvalue weighted by molar-refractivity contribution is 6.07. The molecule has 2 heterocycles. The fourth-order valence-corrected chi connectivity index (χ4v) is 4.08. The highest BCUT2D eigenvalue weighted by Gasteiger charge is 2.23. The Morgan fingerprint density at radius 2 is 1.95 bits per heavy atom. The molecule has 38 heavy (non-hydrogen) atoms. The fourth-order valence-electron chi connectivity index (χ4n) is 4.08. The van der Waals surface area contributed by atoms with Crippen molar-refractivity contribution in [2.24, 2.45) is 0 Å². The minimum Gasteiger partial charge on any atom is -0.494 e. The summed E-state index contributed by atoms with van der Waals surface area (Å²) in [5.41, 5.74) is 3.11. The molecule has 0 bridgehead atoms. The summed E-state index contributed by atoms with van der Waals surface area (Å²) >= 11 is 0. The molecule has 0 fully saturated rings. The quantitative estimate of drug-likeness (QED) is 0.179. The number of aromatic nitrogens is 3. The second-order valence-corrected chi connectivity index (χ2v) is 8.84. The maximum atomic E-state index is 12.2. The average molecular weight is 520 g/mol. The van der Waals surface area contributed by atoms with Crippen molar-refractivity contribution >= 4 is 39.9 Å². The lowest BCUT2D eigenvalue weighted by molar-refractivity contribution is -0.384. The molecular weight excluding hydrogens is 490 g/mol. The number of benzene rings is 2. The van der Waals surface area contributed by atoms with Gasteiger partial charge in [0.25, 0.3) is 5.69 Å². The summed E-state index contributed by atoms with van der Waals surface area (Å²) in [6.45, 7) is 1.32. The van der Waals surface area contributed by atoms with Crippen LogP contribution in [0.2, 0.25) is 0 Å². The smallest absolute Gasteiger partial charge is 0.339 e. The minimum atomic E-state index is -0.446. The monoisotopic (exact) mass is 519 g/mol. The Labute approximate surface area is 219 Å². The Balaban J connectivity index is 1.69. The largest absolute Gasteiger partial charge is 0.494 e. The molecule has 2 aromatic carbocycles. The van der Waals surface area contributed by atoms with Crippen molar-refractivity contribution in [3.63, 3.8) is 0 Å². The summed E-state index contributed by atoms with van der Waals surface area (Å²) in [6.07, 6.45) is 3.34. The molecule has 4 rings (SSSR count). The number of H-pyrrole nitrogens is 1. The topological polar surface area (TPSA) is 139 Å². The lowest BCUT2D eigenvalue weighted by Crippen LogP contribution is -2.28. The molecule has 2 aromatic heterocycles. The number of nitrogens with zero attached hydrogens (tertiary/aromatic N) is 5. The second-order valence-electron chi connectivity index (χ2n) is 8.84. The number of hydrogen-bond acceptors (Lipinski definition) is 10. The van der Waals surface area contributed by atoms with Crippen LogP contribution in [0, 0.1) is 10.1 Å². The van der Waals surface area contributed by atoms with Gasteiger partial charge in [0.05, 0.1) is 41.6 Å². The van der Waals surface area contributed by atoms with E-state index in [-0.39, 0.29) is 11.6 Å². The predicted molar refractivity (Wildman–Crippen MR) is 145 cm³/mol. The summed E-state index contributed by atoms with van der Waals surface area (Å²) in [7, 11) is 8.52. The maximum Gasteiger partial charge on any atom is 0.339 e. The minimum absolute atomic E-state index is 0.0716. The van der Waals surface area contributed by atoms with Gasteiger partial charge < -0.3 is 29.6 Å². The van der Waals surface area contributed by atoms with E-state index in [0.717, 1.165) is 17.5 Å². The van der Waals surface area contributed by atoms with Gasteiger partial charge in [-0.05, 0) is 26.2 Å². The number of likely N-dealkylation sites (N-methyl/N-ethyl adjacent to an activating group) is 2. The van der Waals surface area contributed by atoms with Crippen molar-refractivity contribution in [3.8, 4) is 17.0 Å². The predicted octanol–water partition coefficient (Wildman–Crippen LogP) is 4.07. The van der Waals surface area contributed by atoms with E-state index in [1.165, 1.54) is 20.3 Å². The van der Waals surface area contributed by atoms with E-state index < -0.39 is 10.9 Å². The summed E-state index contributed by atoms with van der Waals surface area (Å²) in [5.74, 6) is 0.187. The van der Waals surface area contributed by atoms with Gasteiger partial charge in [0.2, 0.25) is 5.95 Å². The van der Waals surface area contributed by atoms with Crippen LogP contribution >= 0.6 is 0 Å². The number of nitro benzene ring substituents is 1. The van der Waals surface area contributed by atoms with Crippen LogP contribution in [-0.2, 0) is 4.74 Å². The van der Waals surface area contributed by atoms with E-state index in [0.29, 0.717) is 40.4 Å². The number of anilines is 3. The van der Waals surface area contributed by atoms with Gasteiger partial charge in [0.15, 0.2) is 0 Å². The zero-order chi connectivity index (χ0) is 27.4. The van der Waals surface area contributed by atoms with Gasteiger partial charge in [0, 0.05) is 55.6 Å². The molecule has 0 spiro atoms. The summed E-state index contributed by atoms with van der Waals surface area (Å²) < 4.78 is 10.4. The molecule has 0 saturated heterocycles. The van der Waals surface area contributed by atoms with Crippen molar-refractivity contribution < 1.29 is 19.2 Å². The highest BCUT2D eigenvalue weighted by atomic mass is 16.6. The van der Waals surface area contributed by atoms with Crippen LogP contribution in [0.4, 0.5) is 23.0 Å². The number of carbonyl (C=O) groups excluding carboxylic acids is 1. The number of nitrogens with one attached hydrogen (secondary N) is 2. The second kappa shape index (κ2) is 11.1. The maximum absolute atomic E-state index is 12.2. The summed E-state index contributed by atoms with van der Waals surface area (Å²) in [6, 6.07) is 10.1. The van der Waals surface area contributed by atoms with Crippen LogP contribution in [0.15, 0.2) is 48.8 Å². The lowest BCUT2D eigenvalue weighted by Gasteiger charge is -2.22. The van der Waals surface area contributed by atoms with E-state index in [1.54, 1.807) is 43.7 Å². The number of aromatic amines is 1. The fraction of sp³-hybridized carbons (Fsp3) is 0.269. The lowest BCUT2D eigenvalue weighted by atomic mass is 10.1. The Kier molecular flexibility index (Phi) is 7.72. The number of carbonyl (C=O) groups is 1. The molecule has 0 aliphatic rings. The number of rotatable bonds is 10. The molecule has 0 aliphatic heterocycles. The molecule has 0 unspecified atom stereocenters. The molecule has 0 radical (unpaired) electrons. The van der Waals surface area contributed by atoms with Crippen molar-refractivity contribution in [1.29, 1.82) is 0 Å². The van der Waals surface area contributed by atoms with Crippen molar-refractivity contribution in [1.82, 2.24) is 19.9 Å². The van der Waals surface area contributed by atoms with Crippen molar-refractivity contribution in [2.45, 2.75) is 0 Å². The van der Waals surface area contributed by atoms with E-state index in [1.807, 2.05) is 30.0 Å². The number of ether oxygens (including phenoxy) is 2. The van der Waals surface area contributed by atoms with Gasteiger partial charge in [-0.15, -0.1) is 0 Å². The van der Waals surface area contributed by atoms with Crippen LogP contribution in [0.1, 0.15) is 10.4 Å². The number of fused-ring (bicyclic) bond motifs is 1. The van der Waals surface area contributed by atoms with Gasteiger partial charge in [-0.25, -0.2) is 14.8 Å². The van der Waals surface area contributed by atoms with Crippen LogP contribution < -0.4 is 15.0 Å². The van der Waals surface area contributed by atoms with E-state index in [9.17, 15) is 14.9 Å². The molecule has 2 N–H and O–H groups in total. The molecule has 0 amide bonds. The number of para-hydroxylation sites is 1. The highest BCUT2D eigenvalue weighted by Crippen LogP contribution is 2.39. The first-order valence-corrected chi connectivity index (χ1v) is 11.7. The van der Waals surface area contributed by atoms with Crippen LogP contribution in [0.3, 0.4) is 0 Å². The molecule has 12 nitrogen and oxygen atoms in total. The average Bonchev–Trinajstić information content (AvgIpc) is 3.35. The van der Waals surface area contributed by atoms with Gasteiger partial charge >= 0.3 is 5.97 Å². The van der Waals surface area contributed by atoms with Crippen molar-refractivity contribution in [2.75, 3.05) is 58.7 Å². The zero-order valence-corrected chi connectivity index (χ0v) is 21.8. The van der Waals surface area contributed by atoms with Gasteiger partial charge in [0.1, 0.15) is 11.4 Å². The third-order valence-electron chi connectivity index (χ3n) is 6.09. The Morgan fingerprint density at radius 1 is 1.16 bits per heavy atom. The molecule has 0 aliphatic carbocycles. The Bertz CT molecular complexity index is 1480. The van der Waals surface area contributed by atoms with Crippen LogP contribution in [-0.4, -0.2) is 79.2 Å². The molecule has 4 aromatic rings. The number of methoxy groups -OCH3 is 2. The first-order chi connectivity index (χ1) is 18.2. The Morgan fingerprint density at radius 3 is 2.63 bits per heavy atom. The normalized spacial score (nSPS) is 11.0. The third-order valence-corrected chi connectivity index (χ3v) is 6.09. The van der Waals surface area contributed by atoms with E-state index in [2.05, 4.69) is 20.3 Å². The summed E-state index contributed by atoms with van der Waals surface area (Å²) in [5, 5.41) is 15.8. The zero-order valence-electron chi connectivity index (χ0n) is 21.8. The van der Waals surface area contributed by atoms with E-state index >= 15 is 0 Å². The van der Waals surface area contributed by atoms with Gasteiger partial charge in [-0.1, -0.05) is 12.1 Å². The molecule has 0 saturated carbocycles. The first-order valence-electron chi connectivity index (χ1n) is 11.7. The van der Waals surface area contributed by atoms with E-state index in [4.69, 9.17) is 9.47 Å². The first kappa shape index (κ1) is 26.4. The standard InChI is InChI=1S/C26H29N7O5/c1-31(2)11-12-32(3)21-14-23(37-4)20(13-22(21)33(35)36)30-26-27-10-9-19(29-26)18-15-28-24-16(18)7-6-8-17(24)25(34)38-5/h6-10,13-15,28H,11-12H2,1-5H3,(H,27,29,30). The summed E-state index contributed by atoms with van der Waals surface area (Å²) in [4.78, 5) is 39.5. The molecule has 0 atom stereocenters. The molecular formula is C26H29N7O5. The number of esters is 1. The SMILES string of the molecule is COC(=O)c1cccc2c(-c3ccnc(Nc4cc([N+](=O)[O-])c(N(C)CCN(C)C)cc4OC)n3)c[nH]c12. The van der Waals surface area contributed by atoms with Gasteiger partial charge in [-0.2, -0.15) is 0 Å². The number of hydrogen-bond donors (Lipinski definition) is 2.